The van der Waals surface area contributed by atoms with Crippen molar-refractivity contribution in [1.82, 2.24) is 4.90 Å². The highest BCUT2D eigenvalue weighted by molar-refractivity contribution is 5.89. The van der Waals surface area contributed by atoms with E-state index in [2.05, 4.69) is 4.90 Å². The summed E-state index contributed by atoms with van der Waals surface area (Å²) in [5.74, 6) is -0.554. The summed E-state index contributed by atoms with van der Waals surface area (Å²) >= 11 is 0. The molecule has 2 N–H and O–H groups in total. The molecule has 0 aromatic heterocycles. The molecule has 0 spiro atoms. The monoisotopic (exact) mass is 339 g/mol. The van der Waals surface area contributed by atoms with E-state index in [1.807, 2.05) is 24.3 Å². The van der Waals surface area contributed by atoms with Crippen LogP contribution < -0.4 is 0 Å². The minimum atomic E-state index is -0.853. The summed E-state index contributed by atoms with van der Waals surface area (Å²) in [6.45, 7) is 1.72. The number of phenols is 1. The number of aromatic carboxylic acids is 1. The number of hydrogen-bond donors (Lipinski definition) is 2. The highest BCUT2D eigenvalue weighted by atomic mass is 16.4. The quantitative estimate of drug-likeness (QED) is 0.832. The van der Waals surface area contributed by atoms with Crippen LogP contribution in [-0.2, 0) is 13.0 Å². The van der Waals surface area contributed by atoms with E-state index < -0.39 is 5.97 Å². The second kappa shape index (κ2) is 8.17. The summed E-state index contributed by atoms with van der Waals surface area (Å²) in [6, 6.07) is 15.2. The van der Waals surface area contributed by atoms with Gasteiger partial charge in [-0.3, -0.25) is 4.90 Å². The molecule has 0 amide bonds. The van der Waals surface area contributed by atoms with E-state index in [-0.39, 0.29) is 0 Å². The molecule has 0 unspecified atom stereocenters. The summed E-state index contributed by atoms with van der Waals surface area (Å²) in [7, 11) is 0. The van der Waals surface area contributed by atoms with E-state index in [4.69, 9.17) is 0 Å². The molecule has 1 fully saturated rings. The van der Waals surface area contributed by atoms with Crippen LogP contribution in [0.4, 0.5) is 0 Å². The van der Waals surface area contributed by atoms with E-state index >= 15 is 0 Å². The summed E-state index contributed by atoms with van der Waals surface area (Å²) < 4.78 is 0. The fourth-order valence-corrected chi connectivity index (χ4v) is 3.68. The summed E-state index contributed by atoms with van der Waals surface area (Å²) in [5.41, 5.74) is 2.53. The van der Waals surface area contributed by atoms with Gasteiger partial charge in [0.05, 0.1) is 5.56 Å². The van der Waals surface area contributed by atoms with Gasteiger partial charge in [0.25, 0.3) is 0 Å². The van der Waals surface area contributed by atoms with Gasteiger partial charge in [0, 0.05) is 12.6 Å². The Bertz CT molecular complexity index is 711. The maximum atomic E-state index is 11.4. The molecule has 25 heavy (non-hydrogen) atoms. The third-order valence-corrected chi connectivity index (χ3v) is 5.07. The van der Waals surface area contributed by atoms with Gasteiger partial charge in [0.1, 0.15) is 5.75 Å². The fraction of sp³-hybridized carbons (Fsp3) is 0.381. The molecule has 2 aromatic rings. The van der Waals surface area contributed by atoms with Crippen LogP contribution in [0.1, 0.15) is 47.2 Å². The number of piperidine rings is 1. The number of rotatable bonds is 6. The van der Waals surface area contributed by atoms with Crippen LogP contribution in [0.15, 0.2) is 48.5 Å². The van der Waals surface area contributed by atoms with Crippen molar-refractivity contribution in [3.05, 3.63) is 65.2 Å². The summed E-state index contributed by atoms with van der Waals surface area (Å²) in [6.07, 6.45) is 5.59. The van der Waals surface area contributed by atoms with Gasteiger partial charge in [-0.25, -0.2) is 4.79 Å². The fourth-order valence-electron chi connectivity index (χ4n) is 3.68. The first-order valence-corrected chi connectivity index (χ1v) is 8.96. The van der Waals surface area contributed by atoms with Crippen molar-refractivity contribution in [2.45, 2.75) is 44.7 Å². The lowest BCUT2D eigenvalue weighted by molar-refractivity contribution is 0.0692. The Balaban J connectivity index is 1.67. The number of aromatic hydroxyl groups is 1. The highest BCUT2D eigenvalue weighted by Crippen LogP contribution is 2.25. The van der Waals surface area contributed by atoms with E-state index in [0.717, 1.165) is 31.4 Å². The van der Waals surface area contributed by atoms with E-state index in [9.17, 15) is 15.0 Å². The molecular formula is C21H25NO3. The molecule has 0 bridgehead atoms. The van der Waals surface area contributed by atoms with Gasteiger partial charge in [-0.1, -0.05) is 36.8 Å². The second-order valence-corrected chi connectivity index (χ2v) is 6.79. The van der Waals surface area contributed by atoms with E-state index in [1.54, 1.807) is 24.3 Å². The number of phenolic OH excluding ortho intramolecular Hbond substituents is 1. The predicted molar refractivity (Wildman–Crippen MR) is 97.9 cm³/mol. The van der Waals surface area contributed by atoms with Gasteiger partial charge < -0.3 is 10.2 Å². The second-order valence-electron chi connectivity index (χ2n) is 6.79. The lowest BCUT2D eigenvalue weighted by atomic mass is 9.94. The zero-order valence-electron chi connectivity index (χ0n) is 14.4. The van der Waals surface area contributed by atoms with E-state index in [1.165, 1.54) is 18.4 Å². The molecule has 4 heteroatoms. The average molecular weight is 339 g/mol. The number of nitrogens with zero attached hydrogens (tertiary/aromatic N) is 1. The Hall–Kier alpha value is -2.33. The Kier molecular flexibility index (Phi) is 5.71. The maximum absolute atomic E-state index is 11.4. The number of hydrogen-bond acceptors (Lipinski definition) is 3. The molecule has 132 valence electrons. The van der Waals surface area contributed by atoms with Gasteiger partial charge in [-0.2, -0.15) is 0 Å². The van der Waals surface area contributed by atoms with Crippen LogP contribution in [-0.4, -0.2) is 33.7 Å². The normalized spacial score (nSPS) is 18.2. The number of likely N-dealkylation sites (tertiary alicyclic amines) is 1. The van der Waals surface area contributed by atoms with Gasteiger partial charge in [-0.05, 0) is 61.6 Å². The van der Waals surface area contributed by atoms with Crippen molar-refractivity contribution in [3.8, 4) is 5.75 Å². The zero-order valence-corrected chi connectivity index (χ0v) is 14.4. The number of carboxylic acids is 1. The molecule has 1 aliphatic heterocycles. The number of benzene rings is 2. The van der Waals surface area contributed by atoms with Crippen LogP contribution in [0.25, 0.3) is 0 Å². The van der Waals surface area contributed by atoms with Crippen LogP contribution in [0.3, 0.4) is 0 Å². The van der Waals surface area contributed by atoms with Crippen LogP contribution in [0, 0.1) is 0 Å². The number of aryl methyl sites for hydroxylation is 1. The average Bonchev–Trinajstić information content (AvgIpc) is 2.62. The van der Waals surface area contributed by atoms with Crippen LogP contribution in [0.5, 0.6) is 5.75 Å². The Morgan fingerprint density at radius 2 is 1.84 bits per heavy atom. The molecule has 3 rings (SSSR count). The lowest BCUT2D eigenvalue weighted by Gasteiger charge is -2.36. The van der Waals surface area contributed by atoms with Gasteiger partial charge in [0.15, 0.2) is 0 Å². The zero-order chi connectivity index (χ0) is 17.6. The molecule has 0 saturated carbocycles. The van der Waals surface area contributed by atoms with Gasteiger partial charge >= 0.3 is 5.97 Å². The third kappa shape index (κ3) is 4.60. The molecule has 1 atom stereocenters. The topological polar surface area (TPSA) is 60.8 Å². The standard InChI is InChI=1S/C21H25NO3/c23-19-12-9-16(10-13-19)8-11-18-6-3-4-14-22(18)15-17-5-1-2-7-20(17)21(24)25/h1-2,5,7,9-10,12-13,18,23H,3-4,6,8,11,14-15H2,(H,24,25)/t18-/m0/s1. The molecule has 2 aromatic carbocycles. The minimum Gasteiger partial charge on any atom is -0.508 e. The lowest BCUT2D eigenvalue weighted by Crippen LogP contribution is -2.39. The molecule has 0 radical (unpaired) electrons. The van der Waals surface area contributed by atoms with Gasteiger partial charge in [-0.15, -0.1) is 0 Å². The van der Waals surface area contributed by atoms with Crippen molar-refractivity contribution in [1.29, 1.82) is 0 Å². The maximum Gasteiger partial charge on any atom is 0.336 e. The van der Waals surface area contributed by atoms with Gasteiger partial charge in [0.2, 0.25) is 0 Å². The minimum absolute atomic E-state index is 0.299. The molecule has 1 aliphatic rings. The predicted octanol–water partition coefficient (Wildman–Crippen LogP) is 4.08. The van der Waals surface area contributed by atoms with Crippen molar-refractivity contribution < 1.29 is 15.0 Å². The number of carboxylic acid groups (broad SMARTS) is 1. The molecule has 4 nitrogen and oxygen atoms in total. The molecular weight excluding hydrogens is 314 g/mol. The Morgan fingerprint density at radius 1 is 1.08 bits per heavy atom. The third-order valence-electron chi connectivity index (χ3n) is 5.07. The van der Waals surface area contributed by atoms with Crippen molar-refractivity contribution >= 4 is 5.97 Å². The Morgan fingerprint density at radius 3 is 2.60 bits per heavy atom. The van der Waals surface area contributed by atoms with E-state index in [0.29, 0.717) is 23.9 Å². The Labute approximate surface area is 148 Å². The van der Waals surface area contributed by atoms with Crippen molar-refractivity contribution in [2.75, 3.05) is 6.54 Å². The first kappa shape index (κ1) is 17.5. The first-order valence-electron chi connectivity index (χ1n) is 8.96. The van der Waals surface area contributed by atoms with Crippen molar-refractivity contribution in [3.63, 3.8) is 0 Å². The molecule has 1 saturated heterocycles. The highest BCUT2D eigenvalue weighted by Gasteiger charge is 2.23. The van der Waals surface area contributed by atoms with Crippen LogP contribution >= 0.6 is 0 Å². The van der Waals surface area contributed by atoms with Crippen molar-refractivity contribution in [2.24, 2.45) is 0 Å². The largest absolute Gasteiger partial charge is 0.508 e. The SMILES string of the molecule is O=C(O)c1ccccc1CN1CCCC[C@H]1CCc1ccc(O)cc1. The summed E-state index contributed by atoms with van der Waals surface area (Å²) in [5, 5.41) is 18.8. The first-order chi connectivity index (χ1) is 12.1. The van der Waals surface area contributed by atoms with Crippen LogP contribution in [0.2, 0.25) is 0 Å². The molecule has 1 heterocycles. The number of carbonyl (C=O) groups is 1. The molecule has 0 aliphatic carbocycles. The summed E-state index contributed by atoms with van der Waals surface area (Å²) in [4.78, 5) is 13.9. The smallest absolute Gasteiger partial charge is 0.336 e.